The molecule has 0 spiro atoms. The summed E-state index contributed by atoms with van der Waals surface area (Å²) in [6.07, 6.45) is -0.310. The van der Waals surface area contributed by atoms with Crippen molar-refractivity contribution in [3.05, 3.63) is 0 Å². The van der Waals surface area contributed by atoms with Gasteiger partial charge in [0.2, 0.25) is 0 Å². The molecule has 0 aliphatic rings. The zero-order valence-corrected chi connectivity index (χ0v) is 6.00. The van der Waals surface area contributed by atoms with Crippen LogP contribution in [0.3, 0.4) is 0 Å². The number of aliphatic carboxylic acids is 2. The van der Waals surface area contributed by atoms with Crippen molar-refractivity contribution in [3.8, 4) is 0 Å². The first-order chi connectivity index (χ1) is 4.04. The number of carboxylic acid groups (broad SMARTS) is 2. The summed E-state index contributed by atoms with van der Waals surface area (Å²) in [5, 5.41) is 16.2. The fraction of sp³-hybridized carbons (Fsp3) is 0.600. The standard InChI is InChI=1S/C5H8O4.Li.H/c1-3(5(8)9)2-4(6)7;;/h3H,2H2,1H3,(H,6,7)(H,8,9);;/q;+1;-1. The van der Waals surface area contributed by atoms with Crippen molar-refractivity contribution in [2.24, 2.45) is 5.92 Å². The Labute approximate surface area is 71.9 Å². The molecule has 0 aromatic heterocycles. The maximum atomic E-state index is 9.97. The summed E-state index contributed by atoms with van der Waals surface area (Å²) in [6.45, 7) is 1.36. The molecule has 0 heterocycles. The average molecular weight is 140 g/mol. The summed E-state index contributed by atoms with van der Waals surface area (Å²) in [6, 6.07) is 0. The van der Waals surface area contributed by atoms with Crippen molar-refractivity contribution in [2.75, 3.05) is 0 Å². The van der Waals surface area contributed by atoms with E-state index in [1.807, 2.05) is 0 Å². The number of hydrogen-bond donors (Lipinski definition) is 2. The molecule has 5 heteroatoms. The van der Waals surface area contributed by atoms with Crippen molar-refractivity contribution >= 4 is 11.9 Å². The van der Waals surface area contributed by atoms with Crippen LogP contribution in [0.15, 0.2) is 0 Å². The van der Waals surface area contributed by atoms with E-state index >= 15 is 0 Å². The van der Waals surface area contributed by atoms with Gasteiger partial charge in [0, 0.05) is 0 Å². The van der Waals surface area contributed by atoms with E-state index in [4.69, 9.17) is 10.2 Å². The summed E-state index contributed by atoms with van der Waals surface area (Å²) in [4.78, 5) is 19.8. The Kier molecular flexibility index (Phi) is 6.52. The molecule has 54 valence electrons. The van der Waals surface area contributed by atoms with E-state index in [0.29, 0.717) is 0 Å². The molecule has 10 heavy (non-hydrogen) atoms. The first-order valence-electron chi connectivity index (χ1n) is 2.48. The predicted molar refractivity (Wildman–Crippen MR) is 30.2 cm³/mol. The molecule has 0 aromatic rings. The fourth-order valence-corrected chi connectivity index (χ4v) is 0.349. The van der Waals surface area contributed by atoms with Crippen LogP contribution in [0.5, 0.6) is 0 Å². The van der Waals surface area contributed by atoms with Crippen LogP contribution in [-0.2, 0) is 9.59 Å². The summed E-state index contributed by atoms with van der Waals surface area (Å²) in [5.41, 5.74) is 0. The van der Waals surface area contributed by atoms with Crippen LogP contribution < -0.4 is 18.9 Å². The quantitative estimate of drug-likeness (QED) is 0.418. The molecule has 0 aliphatic heterocycles. The van der Waals surface area contributed by atoms with E-state index in [1.54, 1.807) is 0 Å². The third-order valence-corrected chi connectivity index (χ3v) is 0.902. The molecule has 0 radical (unpaired) electrons. The molecule has 0 rings (SSSR count). The van der Waals surface area contributed by atoms with Crippen molar-refractivity contribution in [3.63, 3.8) is 0 Å². The number of carbonyl (C=O) groups is 2. The topological polar surface area (TPSA) is 74.6 Å². The van der Waals surface area contributed by atoms with E-state index in [9.17, 15) is 9.59 Å². The number of hydrogen-bond acceptors (Lipinski definition) is 2. The molecule has 0 amide bonds. The number of carboxylic acids is 2. The molecule has 0 saturated carbocycles. The molecule has 0 aliphatic carbocycles. The Morgan fingerprint density at radius 3 is 2.00 bits per heavy atom. The van der Waals surface area contributed by atoms with Gasteiger partial charge in [-0.2, -0.15) is 0 Å². The first-order valence-corrected chi connectivity index (χ1v) is 2.48. The van der Waals surface area contributed by atoms with E-state index in [1.165, 1.54) is 6.92 Å². The van der Waals surface area contributed by atoms with Gasteiger partial charge in [-0.25, -0.2) is 0 Å². The molecule has 0 aromatic carbocycles. The Balaban J connectivity index is -0.000000320. The second kappa shape index (κ2) is 5.33. The molecule has 0 bridgehead atoms. The Bertz CT molecular complexity index is 138. The average Bonchev–Trinajstić information content (AvgIpc) is 1.63. The van der Waals surface area contributed by atoms with E-state index in [-0.39, 0.29) is 26.7 Å². The molecule has 0 saturated heterocycles. The fourth-order valence-electron chi connectivity index (χ4n) is 0.349. The second-order valence-corrected chi connectivity index (χ2v) is 1.84. The zero-order valence-electron chi connectivity index (χ0n) is 7.00. The van der Waals surface area contributed by atoms with E-state index in [0.717, 1.165) is 0 Å². The normalized spacial score (nSPS) is 11.3. The predicted octanol–water partition coefficient (Wildman–Crippen LogP) is -2.70. The molecular weight excluding hydrogens is 131 g/mol. The van der Waals surface area contributed by atoms with Crippen molar-refractivity contribution < 1.29 is 40.1 Å². The van der Waals surface area contributed by atoms with Gasteiger partial charge in [0.25, 0.3) is 0 Å². The van der Waals surface area contributed by atoms with Crippen LogP contribution in [0, 0.1) is 5.92 Å². The summed E-state index contributed by atoms with van der Waals surface area (Å²) in [5.74, 6) is -2.94. The minimum Gasteiger partial charge on any atom is -1.00 e. The van der Waals surface area contributed by atoms with Crippen LogP contribution in [0.25, 0.3) is 0 Å². The van der Waals surface area contributed by atoms with Crippen molar-refractivity contribution in [1.29, 1.82) is 0 Å². The van der Waals surface area contributed by atoms with E-state index in [2.05, 4.69) is 0 Å². The van der Waals surface area contributed by atoms with Gasteiger partial charge < -0.3 is 11.6 Å². The van der Waals surface area contributed by atoms with Gasteiger partial charge >= 0.3 is 30.8 Å². The molecular formula is C5H9LiO4. The van der Waals surface area contributed by atoms with Gasteiger partial charge in [0.15, 0.2) is 0 Å². The molecule has 1 atom stereocenters. The van der Waals surface area contributed by atoms with Gasteiger partial charge in [-0.3, -0.25) is 9.59 Å². The van der Waals surface area contributed by atoms with Gasteiger partial charge in [-0.15, -0.1) is 0 Å². The summed E-state index contributed by atoms with van der Waals surface area (Å²) < 4.78 is 0. The monoisotopic (exact) mass is 140 g/mol. The Morgan fingerprint density at radius 2 is 1.90 bits per heavy atom. The van der Waals surface area contributed by atoms with Gasteiger partial charge in [-0.1, -0.05) is 6.92 Å². The zero-order chi connectivity index (χ0) is 7.44. The first kappa shape index (κ1) is 12.2. The molecule has 1 unspecified atom stereocenters. The second-order valence-electron chi connectivity index (χ2n) is 1.84. The third kappa shape index (κ3) is 5.67. The molecule has 4 nitrogen and oxygen atoms in total. The Morgan fingerprint density at radius 1 is 1.50 bits per heavy atom. The van der Waals surface area contributed by atoms with Gasteiger partial charge in [0.1, 0.15) is 0 Å². The van der Waals surface area contributed by atoms with Crippen LogP contribution >= 0.6 is 0 Å². The van der Waals surface area contributed by atoms with E-state index < -0.39 is 17.9 Å². The maximum Gasteiger partial charge on any atom is 1.00 e. The summed E-state index contributed by atoms with van der Waals surface area (Å²) in [7, 11) is 0. The smallest absolute Gasteiger partial charge is 1.00 e. The maximum absolute atomic E-state index is 9.97. The summed E-state index contributed by atoms with van der Waals surface area (Å²) >= 11 is 0. The van der Waals surface area contributed by atoms with Crippen molar-refractivity contribution in [1.82, 2.24) is 0 Å². The van der Waals surface area contributed by atoms with Crippen LogP contribution in [0.1, 0.15) is 14.8 Å². The van der Waals surface area contributed by atoms with Gasteiger partial charge in [-0.05, 0) is 0 Å². The Hall–Kier alpha value is -0.463. The van der Waals surface area contributed by atoms with Crippen LogP contribution in [0.4, 0.5) is 0 Å². The van der Waals surface area contributed by atoms with Crippen molar-refractivity contribution in [2.45, 2.75) is 13.3 Å². The molecule has 2 N–H and O–H groups in total. The largest absolute Gasteiger partial charge is 1.00 e. The SMILES string of the molecule is CC(CC(=O)O)C(=O)O.[H-].[Li+]. The number of rotatable bonds is 3. The third-order valence-electron chi connectivity index (χ3n) is 0.902. The van der Waals surface area contributed by atoms with Gasteiger partial charge in [0.05, 0.1) is 12.3 Å². The minimum atomic E-state index is -1.08. The van der Waals surface area contributed by atoms with Crippen LogP contribution in [0.2, 0.25) is 0 Å². The minimum absolute atomic E-state index is 0. The van der Waals surface area contributed by atoms with Crippen LogP contribution in [-0.4, -0.2) is 22.2 Å². The molecule has 0 fully saturated rings.